The minimum Gasteiger partial charge on any atom is -0.489 e. The van der Waals surface area contributed by atoms with Gasteiger partial charge >= 0.3 is 6.18 Å². The molecule has 2 aliphatic rings. The number of alkyl halides is 4. The van der Waals surface area contributed by atoms with Crippen molar-refractivity contribution in [3.63, 3.8) is 0 Å². The van der Waals surface area contributed by atoms with Crippen molar-refractivity contribution in [1.29, 1.82) is 0 Å². The van der Waals surface area contributed by atoms with Gasteiger partial charge in [0, 0.05) is 17.5 Å². The monoisotopic (exact) mass is 465 g/mol. The van der Waals surface area contributed by atoms with Gasteiger partial charge in [0.15, 0.2) is 6.10 Å². The van der Waals surface area contributed by atoms with Crippen molar-refractivity contribution in [2.45, 2.75) is 49.6 Å². The first-order valence-electron chi connectivity index (χ1n) is 10.3. The van der Waals surface area contributed by atoms with Crippen molar-refractivity contribution < 1.29 is 31.4 Å². The predicted octanol–water partition coefficient (Wildman–Crippen LogP) is 4.38. The quantitative estimate of drug-likeness (QED) is 0.538. The molecule has 0 spiro atoms. The molecule has 2 aromatic rings. The second-order valence-electron chi connectivity index (χ2n) is 7.96. The summed E-state index contributed by atoms with van der Waals surface area (Å²) >= 11 is 0. The van der Waals surface area contributed by atoms with Crippen LogP contribution in [0.2, 0.25) is 0 Å². The van der Waals surface area contributed by atoms with E-state index in [1.165, 1.54) is 12.1 Å². The molecule has 2 N–H and O–H groups in total. The summed E-state index contributed by atoms with van der Waals surface area (Å²) in [7, 11) is 0. The minimum atomic E-state index is -4.82. The Hall–Kier alpha value is -3.35. The molecule has 0 bridgehead atoms. The summed E-state index contributed by atoms with van der Waals surface area (Å²) in [4.78, 5) is 7.91. The first-order valence-corrected chi connectivity index (χ1v) is 10.3. The van der Waals surface area contributed by atoms with Gasteiger partial charge in [-0.05, 0) is 55.5 Å². The second kappa shape index (κ2) is 8.89. The number of amidine groups is 1. The van der Waals surface area contributed by atoms with Gasteiger partial charge in [0.05, 0.1) is 12.3 Å². The highest BCUT2D eigenvalue weighted by Gasteiger charge is 2.52. The molecule has 1 saturated carbocycles. The third-order valence-electron chi connectivity index (χ3n) is 5.59. The molecule has 1 aliphatic carbocycles. The number of rotatable bonds is 4. The van der Waals surface area contributed by atoms with Gasteiger partial charge in [-0.2, -0.15) is 13.2 Å². The number of aromatic nitrogens is 1. The van der Waals surface area contributed by atoms with Crippen LogP contribution in [0.5, 0.6) is 5.75 Å². The fraction of sp³-hybridized carbons (Fsp3) is 0.391. The van der Waals surface area contributed by atoms with Crippen LogP contribution in [0.1, 0.15) is 42.5 Å². The number of nitrogens with zero attached hydrogens (tertiary/aromatic N) is 2. The summed E-state index contributed by atoms with van der Waals surface area (Å²) < 4.78 is 78.6. The largest absolute Gasteiger partial charge is 0.489 e. The van der Waals surface area contributed by atoms with Gasteiger partial charge in [-0.15, -0.1) is 0 Å². The van der Waals surface area contributed by atoms with E-state index in [2.05, 4.69) is 26.6 Å². The van der Waals surface area contributed by atoms with E-state index in [0.29, 0.717) is 11.4 Å². The average Bonchev–Trinajstić information content (AvgIpc) is 2.75. The molecule has 2 atom stereocenters. The Morgan fingerprint density at radius 1 is 1.18 bits per heavy atom. The third kappa shape index (κ3) is 5.02. The predicted molar refractivity (Wildman–Crippen MR) is 110 cm³/mol. The first-order chi connectivity index (χ1) is 15.7. The Kier molecular flexibility index (Phi) is 6.15. The van der Waals surface area contributed by atoms with Gasteiger partial charge in [-0.1, -0.05) is 5.92 Å². The molecular formula is C23H20F5N3O2. The number of hydrogen-bond acceptors (Lipinski definition) is 5. The van der Waals surface area contributed by atoms with Crippen molar-refractivity contribution >= 4 is 6.02 Å². The number of ether oxygens (including phenoxy) is 2. The van der Waals surface area contributed by atoms with E-state index in [1.54, 1.807) is 18.3 Å². The summed E-state index contributed by atoms with van der Waals surface area (Å²) in [6.45, 7) is -1.40. The Morgan fingerprint density at radius 2 is 1.97 bits per heavy atom. The van der Waals surface area contributed by atoms with Crippen LogP contribution in [-0.4, -0.2) is 36.1 Å². The second-order valence-corrected chi connectivity index (χ2v) is 7.96. The van der Waals surface area contributed by atoms with Crippen molar-refractivity contribution in [2.75, 3.05) is 6.67 Å². The van der Waals surface area contributed by atoms with E-state index in [9.17, 15) is 22.0 Å². The average molecular weight is 465 g/mol. The number of hydrogen-bond donors (Lipinski definition) is 1. The molecule has 1 aromatic carbocycles. The highest BCUT2D eigenvalue weighted by atomic mass is 19.4. The number of nitrogens with two attached hydrogens (primary N) is 1. The van der Waals surface area contributed by atoms with E-state index in [1.807, 2.05) is 0 Å². The first kappa shape index (κ1) is 22.8. The molecule has 2 heterocycles. The van der Waals surface area contributed by atoms with Crippen LogP contribution in [0.15, 0.2) is 41.5 Å². The fourth-order valence-electron chi connectivity index (χ4n) is 3.59. The molecule has 1 fully saturated rings. The van der Waals surface area contributed by atoms with E-state index in [4.69, 9.17) is 10.5 Å². The summed E-state index contributed by atoms with van der Waals surface area (Å²) in [6, 6.07) is 6.05. The summed E-state index contributed by atoms with van der Waals surface area (Å²) in [5, 5.41) is 0. The molecule has 5 nitrogen and oxygen atoms in total. The SMILES string of the molecule is NC1=NC(CF)(c2cc(C#Cc3ccc(OC4CCC4)cn3)ccc2F)CC(C(F)(F)F)O1. The minimum absolute atomic E-state index is 0.211. The third-order valence-corrected chi connectivity index (χ3v) is 5.59. The maximum atomic E-state index is 14.6. The topological polar surface area (TPSA) is 69.7 Å². The van der Waals surface area contributed by atoms with Crippen LogP contribution in [-0.2, 0) is 10.3 Å². The van der Waals surface area contributed by atoms with Gasteiger partial charge in [0.25, 0.3) is 6.02 Å². The van der Waals surface area contributed by atoms with Gasteiger partial charge in [-0.25, -0.2) is 18.8 Å². The number of pyridine rings is 1. The lowest BCUT2D eigenvalue weighted by Crippen LogP contribution is -2.48. The van der Waals surface area contributed by atoms with Crippen molar-refractivity contribution in [1.82, 2.24) is 4.98 Å². The molecule has 1 aromatic heterocycles. The van der Waals surface area contributed by atoms with Crippen molar-refractivity contribution in [3.8, 4) is 17.6 Å². The van der Waals surface area contributed by atoms with Gasteiger partial charge < -0.3 is 15.2 Å². The van der Waals surface area contributed by atoms with E-state index in [0.717, 1.165) is 25.3 Å². The van der Waals surface area contributed by atoms with Crippen LogP contribution in [0, 0.1) is 17.7 Å². The Labute approximate surface area is 186 Å². The standard InChI is InChI=1S/C23H20F5N3O2/c24-13-22(11-20(23(26,27)28)33-21(29)31-22)18-10-14(5-9-19(18)25)4-6-15-7-8-17(12-30-15)32-16-2-1-3-16/h5,7-10,12,16,20H,1-3,11,13H2,(H2,29,31). The van der Waals surface area contributed by atoms with E-state index < -0.39 is 42.8 Å². The maximum Gasteiger partial charge on any atom is 0.425 e. The molecule has 33 heavy (non-hydrogen) atoms. The van der Waals surface area contributed by atoms with Crippen molar-refractivity contribution in [3.05, 3.63) is 59.2 Å². The van der Waals surface area contributed by atoms with Gasteiger partial charge in [0.1, 0.15) is 29.5 Å². The van der Waals surface area contributed by atoms with Crippen LogP contribution in [0.3, 0.4) is 0 Å². The smallest absolute Gasteiger partial charge is 0.425 e. The molecule has 4 rings (SSSR count). The Balaban J connectivity index is 1.60. The highest BCUT2D eigenvalue weighted by Crippen LogP contribution is 2.41. The zero-order valence-electron chi connectivity index (χ0n) is 17.3. The number of aliphatic imine (C=N–C) groups is 1. The van der Waals surface area contributed by atoms with Crippen molar-refractivity contribution in [2.24, 2.45) is 10.7 Å². The zero-order chi connectivity index (χ0) is 23.6. The lowest BCUT2D eigenvalue weighted by atomic mass is 9.84. The highest BCUT2D eigenvalue weighted by molar-refractivity contribution is 5.73. The molecule has 10 heteroatoms. The Bertz CT molecular complexity index is 1100. The lowest BCUT2D eigenvalue weighted by Gasteiger charge is -2.36. The van der Waals surface area contributed by atoms with Crippen LogP contribution in [0.4, 0.5) is 22.0 Å². The molecule has 1 aliphatic heterocycles. The van der Waals surface area contributed by atoms with Gasteiger partial charge in [-0.3, -0.25) is 0 Å². The molecule has 2 unspecified atom stereocenters. The van der Waals surface area contributed by atoms with E-state index >= 15 is 0 Å². The van der Waals surface area contributed by atoms with Crippen LogP contribution in [0.25, 0.3) is 0 Å². The van der Waals surface area contributed by atoms with Crippen LogP contribution < -0.4 is 10.5 Å². The molecule has 0 radical (unpaired) electrons. The zero-order valence-corrected chi connectivity index (χ0v) is 17.3. The fourth-order valence-corrected chi connectivity index (χ4v) is 3.59. The maximum absolute atomic E-state index is 14.6. The van der Waals surface area contributed by atoms with E-state index in [-0.39, 0.29) is 17.2 Å². The number of benzene rings is 1. The molecule has 174 valence electrons. The molecule has 0 amide bonds. The summed E-state index contributed by atoms with van der Waals surface area (Å²) in [6.07, 6.45) is -3.26. The molecular weight excluding hydrogens is 445 g/mol. The normalized spacial score (nSPS) is 22.9. The summed E-state index contributed by atoms with van der Waals surface area (Å²) in [5.41, 5.74) is 3.48. The molecule has 0 saturated heterocycles. The lowest BCUT2D eigenvalue weighted by molar-refractivity contribution is -0.209. The Morgan fingerprint density at radius 3 is 2.58 bits per heavy atom. The van der Waals surface area contributed by atoms with Gasteiger partial charge in [0.2, 0.25) is 0 Å². The summed E-state index contributed by atoms with van der Waals surface area (Å²) in [5.74, 6) is 5.27. The van der Waals surface area contributed by atoms with Crippen LogP contribution >= 0.6 is 0 Å². The number of halogens is 5.